The summed E-state index contributed by atoms with van der Waals surface area (Å²) in [5.41, 5.74) is 5.66. The van der Waals surface area contributed by atoms with E-state index in [9.17, 15) is 0 Å². The number of anilines is 1. The van der Waals surface area contributed by atoms with Crippen LogP contribution in [0.25, 0.3) is 0 Å². The molecule has 0 aromatic carbocycles. The summed E-state index contributed by atoms with van der Waals surface area (Å²) in [6.07, 6.45) is 8.06. The van der Waals surface area contributed by atoms with Crippen LogP contribution in [0.3, 0.4) is 0 Å². The van der Waals surface area contributed by atoms with Crippen LogP contribution in [0.4, 0.5) is 5.13 Å². The summed E-state index contributed by atoms with van der Waals surface area (Å²) in [6.45, 7) is 3.16. The summed E-state index contributed by atoms with van der Waals surface area (Å²) < 4.78 is 0. The van der Waals surface area contributed by atoms with Crippen molar-refractivity contribution in [3.63, 3.8) is 0 Å². The van der Waals surface area contributed by atoms with E-state index in [1.54, 1.807) is 11.3 Å². The zero-order chi connectivity index (χ0) is 12.4. The van der Waals surface area contributed by atoms with Gasteiger partial charge in [-0.25, -0.2) is 9.97 Å². The van der Waals surface area contributed by atoms with Crippen molar-refractivity contribution in [1.29, 1.82) is 0 Å². The lowest BCUT2D eigenvalue weighted by Gasteiger charge is -2.31. The molecule has 1 atom stereocenters. The zero-order valence-corrected chi connectivity index (χ0v) is 11.0. The Labute approximate surface area is 110 Å². The SMILES string of the molecule is Nc1ncc(CN2CCCC(c3ncc[nH]3)C2)s1. The third-order valence-electron chi connectivity index (χ3n) is 3.36. The molecule has 96 valence electrons. The van der Waals surface area contributed by atoms with Gasteiger partial charge >= 0.3 is 0 Å². The molecule has 0 radical (unpaired) electrons. The second kappa shape index (κ2) is 5.07. The molecule has 0 saturated carbocycles. The number of H-pyrrole nitrogens is 1. The standard InChI is InChI=1S/C12H17N5S/c13-12-16-6-10(18-12)8-17-5-1-2-9(7-17)11-14-3-4-15-11/h3-4,6,9H,1-2,5,7-8H2,(H2,13,16)(H,14,15). The number of nitrogens with two attached hydrogens (primary N) is 1. The number of nitrogens with zero attached hydrogens (tertiary/aromatic N) is 3. The first-order valence-corrected chi connectivity index (χ1v) is 7.05. The Morgan fingerprint density at radius 2 is 2.44 bits per heavy atom. The van der Waals surface area contributed by atoms with Crippen molar-refractivity contribution in [2.45, 2.75) is 25.3 Å². The Morgan fingerprint density at radius 3 is 3.17 bits per heavy atom. The van der Waals surface area contributed by atoms with E-state index in [4.69, 9.17) is 5.73 Å². The highest BCUT2D eigenvalue weighted by Crippen LogP contribution is 2.26. The Kier molecular flexibility index (Phi) is 3.29. The fraction of sp³-hybridized carbons (Fsp3) is 0.500. The van der Waals surface area contributed by atoms with E-state index < -0.39 is 0 Å². The molecule has 2 aromatic heterocycles. The van der Waals surface area contributed by atoms with Gasteiger partial charge in [-0.3, -0.25) is 4.90 Å². The van der Waals surface area contributed by atoms with Crippen LogP contribution in [0.2, 0.25) is 0 Å². The minimum atomic E-state index is 0.527. The minimum Gasteiger partial charge on any atom is -0.375 e. The maximum absolute atomic E-state index is 5.66. The molecule has 3 rings (SSSR count). The second-order valence-electron chi connectivity index (χ2n) is 4.71. The van der Waals surface area contributed by atoms with E-state index in [1.165, 1.54) is 17.7 Å². The Balaban J connectivity index is 1.63. The molecular weight excluding hydrogens is 246 g/mol. The summed E-state index contributed by atoms with van der Waals surface area (Å²) in [6, 6.07) is 0. The van der Waals surface area contributed by atoms with Gasteiger partial charge in [0.15, 0.2) is 5.13 Å². The maximum Gasteiger partial charge on any atom is 0.180 e. The molecule has 0 spiro atoms. The predicted molar refractivity (Wildman–Crippen MR) is 72.4 cm³/mol. The first kappa shape index (κ1) is 11.7. The normalized spacial score (nSPS) is 21.2. The van der Waals surface area contributed by atoms with Crippen molar-refractivity contribution >= 4 is 16.5 Å². The number of nitrogen functional groups attached to an aromatic ring is 1. The molecule has 18 heavy (non-hydrogen) atoms. The molecule has 6 heteroatoms. The fourth-order valence-corrected chi connectivity index (χ4v) is 3.27. The lowest BCUT2D eigenvalue weighted by molar-refractivity contribution is 0.198. The van der Waals surface area contributed by atoms with Crippen LogP contribution in [0.15, 0.2) is 18.6 Å². The molecule has 3 heterocycles. The number of piperidine rings is 1. The highest BCUT2D eigenvalue weighted by Gasteiger charge is 2.23. The number of rotatable bonds is 3. The van der Waals surface area contributed by atoms with E-state index in [-0.39, 0.29) is 0 Å². The summed E-state index contributed by atoms with van der Waals surface area (Å²) in [5, 5.41) is 0.657. The third-order valence-corrected chi connectivity index (χ3v) is 4.17. The molecule has 1 aliphatic rings. The second-order valence-corrected chi connectivity index (χ2v) is 5.86. The van der Waals surface area contributed by atoms with Crippen molar-refractivity contribution in [3.05, 3.63) is 29.3 Å². The van der Waals surface area contributed by atoms with Gasteiger partial charge in [0.1, 0.15) is 5.82 Å². The van der Waals surface area contributed by atoms with E-state index in [0.717, 1.165) is 25.5 Å². The van der Waals surface area contributed by atoms with E-state index in [2.05, 4.69) is 19.9 Å². The summed E-state index contributed by atoms with van der Waals surface area (Å²) in [7, 11) is 0. The van der Waals surface area contributed by atoms with Gasteiger partial charge < -0.3 is 10.7 Å². The average Bonchev–Trinajstić information content (AvgIpc) is 3.01. The lowest BCUT2D eigenvalue weighted by atomic mass is 9.97. The van der Waals surface area contributed by atoms with E-state index >= 15 is 0 Å². The quantitative estimate of drug-likeness (QED) is 0.886. The van der Waals surface area contributed by atoms with Crippen LogP contribution < -0.4 is 5.73 Å². The van der Waals surface area contributed by atoms with Crippen LogP contribution in [-0.4, -0.2) is 32.9 Å². The molecule has 1 saturated heterocycles. The molecule has 1 fully saturated rings. The van der Waals surface area contributed by atoms with Gasteiger partial charge in [-0.05, 0) is 19.4 Å². The van der Waals surface area contributed by atoms with E-state index in [0.29, 0.717) is 11.0 Å². The van der Waals surface area contributed by atoms with Gasteiger partial charge in [-0.1, -0.05) is 0 Å². The summed E-state index contributed by atoms with van der Waals surface area (Å²) >= 11 is 1.58. The minimum absolute atomic E-state index is 0.527. The number of aromatic nitrogens is 3. The van der Waals surface area contributed by atoms with Crippen molar-refractivity contribution < 1.29 is 0 Å². The topological polar surface area (TPSA) is 70.8 Å². The molecule has 0 bridgehead atoms. The first-order valence-electron chi connectivity index (χ1n) is 6.23. The highest BCUT2D eigenvalue weighted by molar-refractivity contribution is 7.15. The number of imidazole rings is 1. The Morgan fingerprint density at radius 1 is 1.50 bits per heavy atom. The Hall–Kier alpha value is -1.40. The van der Waals surface area contributed by atoms with Crippen molar-refractivity contribution in [1.82, 2.24) is 19.9 Å². The molecule has 0 amide bonds. The molecular formula is C12H17N5S. The molecule has 3 N–H and O–H groups in total. The molecule has 1 aliphatic heterocycles. The van der Waals surface area contributed by atoms with Crippen LogP contribution in [0, 0.1) is 0 Å². The van der Waals surface area contributed by atoms with E-state index in [1.807, 2.05) is 18.6 Å². The predicted octanol–water partition coefficient (Wildman–Crippen LogP) is 1.83. The number of nitrogens with one attached hydrogen (secondary N) is 1. The Bertz CT molecular complexity index is 492. The van der Waals surface area contributed by atoms with Crippen LogP contribution >= 0.6 is 11.3 Å². The number of likely N-dealkylation sites (tertiary alicyclic amines) is 1. The van der Waals surface area contributed by atoms with Gasteiger partial charge in [-0.15, -0.1) is 11.3 Å². The van der Waals surface area contributed by atoms with Gasteiger partial charge in [0, 0.05) is 42.5 Å². The van der Waals surface area contributed by atoms with Gasteiger partial charge in [-0.2, -0.15) is 0 Å². The largest absolute Gasteiger partial charge is 0.375 e. The molecule has 0 aliphatic carbocycles. The third kappa shape index (κ3) is 2.54. The first-order chi connectivity index (χ1) is 8.81. The summed E-state index contributed by atoms with van der Waals surface area (Å²) in [5.74, 6) is 1.64. The summed E-state index contributed by atoms with van der Waals surface area (Å²) in [4.78, 5) is 15.4. The van der Waals surface area contributed by atoms with Crippen LogP contribution in [-0.2, 0) is 6.54 Å². The molecule has 2 aromatic rings. The average molecular weight is 263 g/mol. The molecule has 1 unspecified atom stereocenters. The fourth-order valence-electron chi connectivity index (χ4n) is 2.54. The number of aromatic amines is 1. The van der Waals surface area contributed by atoms with Crippen LogP contribution in [0.5, 0.6) is 0 Å². The number of hydrogen-bond donors (Lipinski definition) is 2. The monoisotopic (exact) mass is 263 g/mol. The highest BCUT2D eigenvalue weighted by atomic mass is 32.1. The van der Waals surface area contributed by atoms with Crippen molar-refractivity contribution in [3.8, 4) is 0 Å². The zero-order valence-electron chi connectivity index (χ0n) is 10.2. The van der Waals surface area contributed by atoms with Gasteiger partial charge in [0.25, 0.3) is 0 Å². The molecule has 5 nitrogen and oxygen atoms in total. The van der Waals surface area contributed by atoms with Crippen molar-refractivity contribution in [2.24, 2.45) is 0 Å². The number of thiazole rings is 1. The van der Waals surface area contributed by atoms with Crippen LogP contribution in [0.1, 0.15) is 29.5 Å². The smallest absolute Gasteiger partial charge is 0.180 e. The lowest BCUT2D eigenvalue weighted by Crippen LogP contribution is -2.34. The van der Waals surface area contributed by atoms with Gasteiger partial charge in [0.05, 0.1) is 0 Å². The van der Waals surface area contributed by atoms with Crippen molar-refractivity contribution in [2.75, 3.05) is 18.8 Å². The number of hydrogen-bond acceptors (Lipinski definition) is 5. The maximum atomic E-state index is 5.66. The van der Waals surface area contributed by atoms with Gasteiger partial charge in [0.2, 0.25) is 0 Å².